The number of hydrogen-bond donors (Lipinski definition) is 1. The van der Waals surface area contributed by atoms with Gasteiger partial charge in [-0.2, -0.15) is 10.4 Å². The number of carbonyl (C=O) groups excluding carboxylic acids is 1. The molecular formula is C23H15FN4OS. The van der Waals surface area contributed by atoms with Crippen molar-refractivity contribution in [3.63, 3.8) is 0 Å². The Labute approximate surface area is 176 Å². The van der Waals surface area contributed by atoms with E-state index in [4.69, 9.17) is 0 Å². The van der Waals surface area contributed by atoms with Gasteiger partial charge in [-0.25, -0.2) is 9.07 Å². The van der Waals surface area contributed by atoms with Crippen LogP contribution in [0.2, 0.25) is 0 Å². The summed E-state index contributed by atoms with van der Waals surface area (Å²) in [6, 6.07) is 22.6. The van der Waals surface area contributed by atoms with Gasteiger partial charge in [0.25, 0.3) is 5.91 Å². The van der Waals surface area contributed by atoms with E-state index in [-0.39, 0.29) is 5.91 Å². The van der Waals surface area contributed by atoms with Crippen LogP contribution in [-0.4, -0.2) is 15.7 Å². The van der Waals surface area contributed by atoms with Gasteiger partial charge in [0.15, 0.2) is 5.82 Å². The van der Waals surface area contributed by atoms with Crippen LogP contribution in [0.1, 0.15) is 15.9 Å². The van der Waals surface area contributed by atoms with Gasteiger partial charge in [-0.1, -0.05) is 36.0 Å². The van der Waals surface area contributed by atoms with Crippen LogP contribution in [0.4, 0.5) is 10.1 Å². The third-order valence-electron chi connectivity index (χ3n) is 4.32. The SMILES string of the molecule is N#Cc1ccccc1Sc1ccccc1C(=O)Nc1ccc(-n2cccn2)c(F)c1. The Balaban J connectivity index is 1.57. The summed E-state index contributed by atoms with van der Waals surface area (Å²) in [6.07, 6.45) is 3.21. The Kier molecular flexibility index (Phi) is 5.59. The van der Waals surface area contributed by atoms with Crippen LogP contribution in [0.3, 0.4) is 0 Å². The van der Waals surface area contributed by atoms with Crippen molar-refractivity contribution in [1.82, 2.24) is 9.78 Å². The number of nitrogens with zero attached hydrogens (tertiary/aromatic N) is 3. The second kappa shape index (κ2) is 8.64. The third-order valence-corrected chi connectivity index (χ3v) is 5.47. The van der Waals surface area contributed by atoms with Crippen LogP contribution < -0.4 is 5.32 Å². The molecule has 0 fully saturated rings. The molecule has 0 atom stereocenters. The van der Waals surface area contributed by atoms with E-state index in [2.05, 4.69) is 16.5 Å². The molecule has 1 heterocycles. The summed E-state index contributed by atoms with van der Waals surface area (Å²) in [5, 5.41) is 16.1. The summed E-state index contributed by atoms with van der Waals surface area (Å²) in [5.41, 5.74) is 1.61. The van der Waals surface area contributed by atoms with E-state index >= 15 is 0 Å². The molecule has 0 aliphatic rings. The highest BCUT2D eigenvalue weighted by Crippen LogP contribution is 2.33. The highest BCUT2D eigenvalue weighted by molar-refractivity contribution is 7.99. The monoisotopic (exact) mass is 414 g/mol. The number of halogens is 1. The van der Waals surface area contributed by atoms with Crippen LogP contribution >= 0.6 is 11.8 Å². The average Bonchev–Trinajstić information content (AvgIpc) is 3.29. The summed E-state index contributed by atoms with van der Waals surface area (Å²) in [7, 11) is 0. The van der Waals surface area contributed by atoms with Crippen molar-refractivity contribution >= 4 is 23.4 Å². The number of carbonyl (C=O) groups is 1. The number of aromatic nitrogens is 2. The first kappa shape index (κ1) is 19.4. The van der Waals surface area contributed by atoms with E-state index in [1.807, 2.05) is 24.3 Å². The van der Waals surface area contributed by atoms with E-state index in [0.717, 1.165) is 4.90 Å². The van der Waals surface area contributed by atoms with E-state index < -0.39 is 5.82 Å². The Bertz CT molecular complexity index is 1250. The highest BCUT2D eigenvalue weighted by Gasteiger charge is 2.15. The van der Waals surface area contributed by atoms with Crippen molar-refractivity contribution in [2.24, 2.45) is 0 Å². The number of nitriles is 1. The van der Waals surface area contributed by atoms with Gasteiger partial charge in [-0.05, 0) is 48.5 Å². The zero-order valence-electron chi connectivity index (χ0n) is 15.6. The fourth-order valence-corrected chi connectivity index (χ4v) is 3.91. The summed E-state index contributed by atoms with van der Waals surface area (Å²) >= 11 is 1.34. The summed E-state index contributed by atoms with van der Waals surface area (Å²) in [6.45, 7) is 0. The fourth-order valence-electron chi connectivity index (χ4n) is 2.89. The number of benzene rings is 3. The van der Waals surface area contributed by atoms with Crippen molar-refractivity contribution < 1.29 is 9.18 Å². The van der Waals surface area contributed by atoms with Crippen molar-refractivity contribution in [2.45, 2.75) is 9.79 Å². The minimum atomic E-state index is -0.498. The zero-order chi connectivity index (χ0) is 20.9. The predicted octanol–water partition coefficient (Wildman–Crippen LogP) is 5.29. The minimum absolute atomic E-state index is 0.294. The molecular weight excluding hydrogens is 399 g/mol. The summed E-state index contributed by atoms with van der Waals surface area (Å²) in [5.74, 6) is -0.860. The van der Waals surface area contributed by atoms with Crippen LogP contribution in [0.25, 0.3) is 5.69 Å². The lowest BCUT2D eigenvalue weighted by atomic mass is 10.2. The van der Waals surface area contributed by atoms with Gasteiger partial charge >= 0.3 is 0 Å². The van der Waals surface area contributed by atoms with E-state index in [0.29, 0.717) is 27.4 Å². The number of anilines is 1. The van der Waals surface area contributed by atoms with Gasteiger partial charge in [-0.15, -0.1) is 0 Å². The normalized spacial score (nSPS) is 10.4. The van der Waals surface area contributed by atoms with Crippen molar-refractivity contribution in [3.8, 4) is 11.8 Å². The molecule has 146 valence electrons. The van der Waals surface area contributed by atoms with E-state index in [1.54, 1.807) is 54.9 Å². The molecule has 1 aromatic heterocycles. The number of hydrogen-bond acceptors (Lipinski definition) is 4. The molecule has 0 bridgehead atoms. The molecule has 4 aromatic rings. The van der Waals surface area contributed by atoms with Crippen LogP contribution in [0.5, 0.6) is 0 Å². The van der Waals surface area contributed by atoms with Crippen molar-refractivity contribution in [2.75, 3.05) is 5.32 Å². The number of amides is 1. The Morgan fingerprint density at radius 3 is 2.53 bits per heavy atom. The van der Waals surface area contributed by atoms with Crippen LogP contribution in [-0.2, 0) is 0 Å². The van der Waals surface area contributed by atoms with Gasteiger partial charge in [0.2, 0.25) is 0 Å². The van der Waals surface area contributed by atoms with Crippen molar-refractivity contribution in [1.29, 1.82) is 5.26 Å². The van der Waals surface area contributed by atoms with Gasteiger partial charge in [0.05, 0.1) is 11.1 Å². The first-order chi connectivity index (χ1) is 14.7. The topological polar surface area (TPSA) is 70.7 Å². The zero-order valence-corrected chi connectivity index (χ0v) is 16.4. The Morgan fingerprint density at radius 2 is 1.80 bits per heavy atom. The second-order valence-corrected chi connectivity index (χ2v) is 7.36. The molecule has 3 aromatic carbocycles. The maximum Gasteiger partial charge on any atom is 0.256 e. The minimum Gasteiger partial charge on any atom is -0.322 e. The van der Waals surface area contributed by atoms with Crippen molar-refractivity contribution in [3.05, 3.63) is 102 Å². The molecule has 4 rings (SSSR count). The Hall–Kier alpha value is -3.89. The number of rotatable bonds is 5. The molecule has 0 aliphatic carbocycles. The van der Waals surface area contributed by atoms with Gasteiger partial charge in [0.1, 0.15) is 11.8 Å². The second-order valence-electron chi connectivity index (χ2n) is 6.28. The summed E-state index contributed by atoms with van der Waals surface area (Å²) in [4.78, 5) is 14.3. The summed E-state index contributed by atoms with van der Waals surface area (Å²) < 4.78 is 15.9. The lowest BCUT2D eigenvalue weighted by Gasteiger charge is -2.11. The maximum atomic E-state index is 14.5. The van der Waals surface area contributed by atoms with Gasteiger partial charge < -0.3 is 5.32 Å². The maximum absolute atomic E-state index is 14.5. The molecule has 1 N–H and O–H groups in total. The molecule has 30 heavy (non-hydrogen) atoms. The third kappa shape index (κ3) is 4.09. The van der Waals surface area contributed by atoms with E-state index in [9.17, 15) is 14.4 Å². The quantitative estimate of drug-likeness (QED) is 0.482. The molecule has 0 saturated carbocycles. The van der Waals surface area contributed by atoms with Gasteiger partial charge in [-0.3, -0.25) is 4.79 Å². The molecule has 1 amide bonds. The first-order valence-electron chi connectivity index (χ1n) is 9.02. The average molecular weight is 414 g/mol. The lowest BCUT2D eigenvalue weighted by molar-refractivity contribution is 0.102. The predicted molar refractivity (Wildman–Crippen MR) is 113 cm³/mol. The molecule has 5 nitrogen and oxygen atoms in total. The number of nitrogens with one attached hydrogen (secondary N) is 1. The molecule has 0 saturated heterocycles. The highest BCUT2D eigenvalue weighted by atomic mass is 32.2. The Morgan fingerprint density at radius 1 is 1.03 bits per heavy atom. The van der Waals surface area contributed by atoms with Crippen LogP contribution in [0.15, 0.2) is 95.0 Å². The van der Waals surface area contributed by atoms with Gasteiger partial charge in [0, 0.05) is 27.9 Å². The molecule has 0 radical (unpaired) electrons. The first-order valence-corrected chi connectivity index (χ1v) is 9.84. The molecule has 7 heteroatoms. The van der Waals surface area contributed by atoms with E-state index in [1.165, 1.54) is 22.5 Å². The molecule has 0 spiro atoms. The fraction of sp³-hybridized carbons (Fsp3) is 0. The lowest BCUT2D eigenvalue weighted by Crippen LogP contribution is -2.13. The smallest absolute Gasteiger partial charge is 0.256 e. The largest absolute Gasteiger partial charge is 0.322 e. The standard InChI is InChI=1S/C23H15FN4OS/c24-19-14-17(10-11-20(19)28-13-5-12-26-28)27-23(29)18-7-2-4-9-22(18)30-21-8-3-1-6-16(21)15-25/h1-14H,(H,27,29). The van der Waals surface area contributed by atoms with Crippen LogP contribution in [0, 0.1) is 17.1 Å². The molecule has 0 unspecified atom stereocenters. The molecule has 0 aliphatic heterocycles.